The molecule has 32 heavy (non-hydrogen) atoms. The van der Waals surface area contributed by atoms with E-state index in [0.717, 1.165) is 0 Å². The number of anilines is 1. The Labute approximate surface area is 190 Å². The maximum absolute atomic E-state index is 12.7. The quantitative estimate of drug-likeness (QED) is 0.360. The van der Waals surface area contributed by atoms with Crippen molar-refractivity contribution in [3.8, 4) is 22.8 Å². The molecule has 0 atom stereocenters. The molecular formula is C21H15ClF2N4O3S. The van der Waals surface area contributed by atoms with E-state index in [2.05, 4.69) is 20.1 Å². The lowest BCUT2D eigenvalue weighted by Crippen LogP contribution is -2.19. The smallest absolute Gasteiger partial charge is 0.387 e. The van der Waals surface area contributed by atoms with E-state index < -0.39 is 12.5 Å². The molecule has 11 heteroatoms. The van der Waals surface area contributed by atoms with Crippen LogP contribution >= 0.6 is 22.9 Å². The van der Waals surface area contributed by atoms with Crippen LogP contribution in [-0.4, -0.2) is 27.3 Å². The Bertz CT molecular complexity index is 1210. The number of alkyl halides is 2. The normalized spacial score (nSPS) is 10.9. The third-order valence-electron chi connectivity index (χ3n) is 4.23. The topological polar surface area (TPSA) is 78.3 Å². The molecule has 2 aromatic heterocycles. The number of nitrogens with one attached hydrogen (secondary N) is 1. The number of halogens is 3. The molecule has 0 saturated heterocycles. The fraction of sp³-hybridized carbons (Fsp3) is 0.0952. The molecule has 0 aliphatic heterocycles. The summed E-state index contributed by atoms with van der Waals surface area (Å²) in [6.07, 6.45) is 1.49. The molecule has 4 rings (SSSR count). The number of amides is 1. The second kappa shape index (κ2) is 9.75. The van der Waals surface area contributed by atoms with E-state index in [0.29, 0.717) is 27.2 Å². The SMILES string of the molecule is O=C(Nc1nc(-c2ccc(OC(F)F)cc2)cs1)c1ccnn1COc1ccccc1Cl. The number of carbonyl (C=O) groups excluding carboxylic acids is 1. The number of hydrogen-bond acceptors (Lipinski definition) is 6. The molecule has 0 saturated carbocycles. The van der Waals surface area contributed by atoms with E-state index in [1.165, 1.54) is 34.3 Å². The van der Waals surface area contributed by atoms with Gasteiger partial charge in [-0.25, -0.2) is 9.67 Å². The first-order valence-corrected chi connectivity index (χ1v) is 10.5. The van der Waals surface area contributed by atoms with Gasteiger partial charge in [0.15, 0.2) is 11.9 Å². The summed E-state index contributed by atoms with van der Waals surface area (Å²) >= 11 is 7.31. The molecular weight excluding hydrogens is 462 g/mol. The third-order valence-corrected chi connectivity index (χ3v) is 5.30. The average Bonchev–Trinajstić information content (AvgIpc) is 3.43. The van der Waals surface area contributed by atoms with Crippen LogP contribution in [-0.2, 0) is 6.73 Å². The van der Waals surface area contributed by atoms with Gasteiger partial charge in [0.25, 0.3) is 5.91 Å². The summed E-state index contributed by atoms with van der Waals surface area (Å²) in [5.41, 5.74) is 1.56. The second-order valence-corrected chi connectivity index (χ2v) is 7.58. The van der Waals surface area contributed by atoms with E-state index in [1.54, 1.807) is 47.8 Å². The van der Waals surface area contributed by atoms with Gasteiger partial charge in [-0.3, -0.25) is 10.1 Å². The number of ether oxygens (including phenoxy) is 2. The van der Waals surface area contributed by atoms with Crippen molar-refractivity contribution in [3.05, 3.63) is 76.9 Å². The van der Waals surface area contributed by atoms with Crippen LogP contribution in [0.5, 0.6) is 11.5 Å². The molecule has 164 valence electrons. The van der Waals surface area contributed by atoms with Crippen molar-refractivity contribution in [2.75, 3.05) is 5.32 Å². The third kappa shape index (κ3) is 5.21. The van der Waals surface area contributed by atoms with Crippen LogP contribution in [0.3, 0.4) is 0 Å². The largest absolute Gasteiger partial charge is 0.470 e. The highest BCUT2D eigenvalue weighted by Gasteiger charge is 2.15. The molecule has 0 aliphatic carbocycles. The number of aromatic nitrogens is 3. The molecule has 0 aliphatic rings. The summed E-state index contributed by atoms with van der Waals surface area (Å²) in [4.78, 5) is 17.1. The van der Waals surface area contributed by atoms with E-state index >= 15 is 0 Å². The summed E-state index contributed by atoms with van der Waals surface area (Å²) in [6, 6.07) is 14.6. The molecule has 0 unspecified atom stereocenters. The van der Waals surface area contributed by atoms with Gasteiger partial charge in [0.2, 0.25) is 0 Å². The van der Waals surface area contributed by atoms with Crippen LogP contribution in [0.25, 0.3) is 11.3 Å². The number of rotatable bonds is 8. The minimum atomic E-state index is -2.88. The fourth-order valence-corrected chi connectivity index (χ4v) is 3.66. The molecule has 0 fully saturated rings. The number of hydrogen-bond donors (Lipinski definition) is 1. The van der Waals surface area contributed by atoms with Gasteiger partial charge >= 0.3 is 6.61 Å². The molecule has 7 nitrogen and oxygen atoms in total. The number of nitrogens with zero attached hydrogens (tertiary/aromatic N) is 3. The van der Waals surface area contributed by atoms with Crippen molar-refractivity contribution in [1.29, 1.82) is 0 Å². The summed E-state index contributed by atoms with van der Waals surface area (Å²) in [6.45, 7) is -2.89. The van der Waals surface area contributed by atoms with E-state index in [9.17, 15) is 13.6 Å². The minimum Gasteiger partial charge on any atom is -0.470 e. The van der Waals surface area contributed by atoms with Crippen LogP contribution in [0.4, 0.5) is 13.9 Å². The average molecular weight is 477 g/mol. The molecule has 1 N–H and O–H groups in total. The van der Waals surface area contributed by atoms with Crippen molar-refractivity contribution < 1.29 is 23.0 Å². The van der Waals surface area contributed by atoms with Crippen molar-refractivity contribution in [2.24, 2.45) is 0 Å². The zero-order valence-electron chi connectivity index (χ0n) is 16.2. The predicted molar refractivity (Wildman–Crippen MR) is 116 cm³/mol. The molecule has 2 heterocycles. The lowest BCUT2D eigenvalue weighted by Gasteiger charge is -2.10. The van der Waals surface area contributed by atoms with Gasteiger partial charge in [0, 0.05) is 17.1 Å². The van der Waals surface area contributed by atoms with E-state index in [1.807, 2.05) is 0 Å². The Morgan fingerprint density at radius 2 is 1.94 bits per heavy atom. The maximum atomic E-state index is 12.7. The summed E-state index contributed by atoms with van der Waals surface area (Å²) in [5, 5.41) is 9.41. The Morgan fingerprint density at radius 1 is 1.16 bits per heavy atom. The predicted octanol–water partition coefficient (Wildman–Crippen LogP) is 5.55. The molecule has 1 amide bonds. The summed E-state index contributed by atoms with van der Waals surface area (Å²) in [7, 11) is 0. The van der Waals surface area contributed by atoms with Crippen molar-refractivity contribution in [3.63, 3.8) is 0 Å². The second-order valence-electron chi connectivity index (χ2n) is 6.31. The molecule has 2 aromatic carbocycles. The minimum absolute atomic E-state index is 0.00432. The Balaban J connectivity index is 1.41. The monoisotopic (exact) mass is 476 g/mol. The fourth-order valence-electron chi connectivity index (χ4n) is 2.75. The molecule has 0 spiro atoms. The zero-order chi connectivity index (χ0) is 22.5. The Morgan fingerprint density at radius 3 is 2.69 bits per heavy atom. The van der Waals surface area contributed by atoms with Gasteiger partial charge in [-0.1, -0.05) is 23.7 Å². The van der Waals surface area contributed by atoms with Gasteiger partial charge in [-0.05, 0) is 42.5 Å². The first-order chi connectivity index (χ1) is 15.5. The summed E-state index contributed by atoms with van der Waals surface area (Å²) in [5.74, 6) is 0.122. The first kappa shape index (κ1) is 21.7. The van der Waals surface area contributed by atoms with Gasteiger partial charge < -0.3 is 9.47 Å². The lowest BCUT2D eigenvalue weighted by atomic mass is 10.2. The summed E-state index contributed by atoms with van der Waals surface area (Å²) < 4.78 is 35.9. The highest BCUT2D eigenvalue weighted by molar-refractivity contribution is 7.14. The number of para-hydroxylation sites is 1. The van der Waals surface area contributed by atoms with Crippen LogP contribution in [0.1, 0.15) is 10.5 Å². The zero-order valence-corrected chi connectivity index (χ0v) is 17.8. The van der Waals surface area contributed by atoms with Crippen LogP contribution in [0, 0.1) is 0 Å². The lowest BCUT2D eigenvalue weighted by molar-refractivity contribution is -0.0498. The van der Waals surface area contributed by atoms with E-state index in [-0.39, 0.29) is 18.2 Å². The van der Waals surface area contributed by atoms with Gasteiger partial charge in [-0.15, -0.1) is 11.3 Å². The van der Waals surface area contributed by atoms with Gasteiger partial charge in [0.05, 0.1) is 10.7 Å². The van der Waals surface area contributed by atoms with Crippen molar-refractivity contribution >= 4 is 34.0 Å². The van der Waals surface area contributed by atoms with Crippen LogP contribution < -0.4 is 14.8 Å². The van der Waals surface area contributed by atoms with E-state index in [4.69, 9.17) is 16.3 Å². The Kier molecular flexibility index (Phi) is 6.62. The van der Waals surface area contributed by atoms with Crippen molar-refractivity contribution in [1.82, 2.24) is 14.8 Å². The highest BCUT2D eigenvalue weighted by atomic mass is 35.5. The molecule has 0 radical (unpaired) electrons. The van der Waals surface area contributed by atoms with Gasteiger partial charge in [-0.2, -0.15) is 13.9 Å². The highest BCUT2D eigenvalue weighted by Crippen LogP contribution is 2.27. The first-order valence-electron chi connectivity index (χ1n) is 9.21. The number of thiazole rings is 1. The number of benzene rings is 2. The molecule has 0 bridgehead atoms. The molecule has 4 aromatic rings. The number of carbonyl (C=O) groups is 1. The van der Waals surface area contributed by atoms with Crippen molar-refractivity contribution in [2.45, 2.75) is 13.3 Å². The Hall–Kier alpha value is -3.50. The van der Waals surface area contributed by atoms with Crippen LogP contribution in [0.2, 0.25) is 5.02 Å². The maximum Gasteiger partial charge on any atom is 0.387 e. The standard InChI is InChI=1S/C21H15ClF2N4O3S/c22-15-3-1-2-4-18(15)30-12-28-17(9-10-25-28)19(29)27-21-26-16(11-32-21)13-5-7-14(8-6-13)31-20(23)24/h1-11,20H,12H2,(H,26,27,29). The van der Waals surface area contributed by atoms with Crippen LogP contribution in [0.15, 0.2) is 66.2 Å². The van der Waals surface area contributed by atoms with Gasteiger partial charge in [0.1, 0.15) is 17.2 Å².